The minimum atomic E-state index is 0.135. The summed E-state index contributed by atoms with van der Waals surface area (Å²) in [5.41, 5.74) is 0. The van der Waals surface area contributed by atoms with E-state index in [-0.39, 0.29) is 5.91 Å². The average molecular weight is 309 g/mol. The molecule has 1 aromatic rings. The van der Waals surface area contributed by atoms with Crippen molar-refractivity contribution in [2.75, 3.05) is 33.2 Å². The Morgan fingerprint density at radius 1 is 1.48 bits per heavy atom. The molecular weight excluding hydrogens is 282 g/mol. The topological polar surface area (TPSA) is 44.4 Å². The summed E-state index contributed by atoms with van der Waals surface area (Å²) in [5, 5.41) is 8.24. The summed E-state index contributed by atoms with van der Waals surface area (Å²) in [6.07, 6.45) is 3.07. The lowest BCUT2D eigenvalue weighted by molar-refractivity contribution is -0.121. The molecule has 1 aromatic heterocycles. The fourth-order valence-electron chi connectivity index (χ4n) is 2.77. The van der Waals surface area contributed by atoms with Crippen molar-refractivity contribution < 1.29 is 4.79 Å². The van der Waals surface area contributed by atoms with Crippen molar-refractivity contribution in [3.8, 4) is 0 Å². The Kier molecular flexibility index (Phi) is 6.67. The van der Waals surface area contributed by atoms with Crippen LogP contribution in [0, 0.1) is 5.92 Å². The molecule has 0 radical (unpaired) electrons. The average Bonchev–Trinajstić information content (AvgIpc) is 3.01. The molecule has 1 aliphatic heterocycles. The van der Waals surface area contributed by atoms with Crippen LogP contribution in [0.2, 0.25) is 0 Å². The number of amides is 1. The van der Waals surface area contributed by atoms with E-state index in [0.717, 1.165) is 32.1 Å². The number of rotatable bonds is 7. The summed E-state index contributed by atoms with van der Waals surface area (Å²) in [4.78, 5) is 15.7. The summed E-state index contributed by atoms with van der Waals surface area (Å²) in [5.74, 6) is 0.965. The molecule has 1 aliphatic rings. The predicted molar refractivity (Wildman–Crippen MR) is 88.6 cm³/mol. The van der Waals surface area contributed by atoms with Gasteiger partial charge in [0.05, 0.1) is 6.04 Å². The first-order valence-corrected chi connectivity index (χ1v) is 8.77. The standard InChI is InChI=1S/C16H27N3OS/c1-13-6-9-19(10-7-13)14(15-4-3-11-21-15)12-18-16(20)5-8-17-2/h3-4,11,13-14,17H,5-10,12H2,1-2H3,(H,18,20). The number of thiophene rings is 1. The number of carbonyl (C=O) groups is 1. The van der Waals surface area contributed by atoms with Crippen LogP contribution >= 0.6 is 11.3 Å². The molecule has 0 aromatic carbocycles. The van der Waals surface area contributed by atoms with Crippen molar-refractivity contribution in [1.82, 2.24) is 15.5 Å². The largest absolute Gasteiger partial charge is 0.354 e. The van der Waals surface area contributed by atoms with Gasteiger partial charge in [-0.2, -0.15) is 0 Å². The molecule has 1 unspecified atom stereocenters. The highest BCUT2D eigenvalue weighted by Gasteiger charge is 2.25. The van der Waals surface area contributed by atoms with Crippen LogP contribution in [0.15, 0.2) is 17.5 Å². The molecule has 118 valence electrons. The number of hydrogen-bond donors (Lipinski definition) is 2. The lowest BCUT2D eigenvalue weighted by Gasteiger charge is -2.36. The third kappa shape index (κ3) is 5.09. The summed E-state index contributed by atoms with van der Waals surface area (Å²) < 4.78 is 0. The predicted octanol–water partition coefficient (Wildman–Crippen LogP) is 2.25. The van der Waals surface area contributed by atoms with Crippen LogP contribution < -0.4 is 10.6 Å². The monoisotopic (exact) mass is 309 g/mol. The van der Waals surface area contributed by atoms with Gasteiger partial charge in [-0.25, -0.2) is 0 Å². The number of nitrogens with one attached hydrogen (secondary N) is 2. The fourth-order valence-corrected chi connectivity index (χ4v) is 3.63. The number of carbonyl (C=O) groups excluding carboxylic acids is 1. The van der Waals surface area contributed by atoms with Gasteiger partial charge in [0, 0.05) is 24.4 Å². The summed E-state index contributed by atoms with van der Waals surface area (Å²) >= 11 is 1.79. The number of piperidine rings is 1. The van der Waals surface area contributed by atoms with Crippen molar-refractivity contribution in [3.63, 3.8) is 0 Å². The molecule has 2 rings (SSSR count). The Hall–Kier alpha value is -0.910. The maximum absolute atomic E-state index is 11.8. The van der Waals surface area contributed by atoms with E-state index >= 15 is 0 Å². The molecule has 0 saturated carbocycles. The molecular formula is C16H27N3OS. The smallest absolute Gasteiger partial charge is 0.221 e. The first kappa shape index (κ1) is 16.5. The highest BCUT2D eigenvalue weighted by molar-refractivity contribution is 7.10. The van der Waals surface area contributed by atoms with Gasteiger partial charge in [0.2, 0.25) is 5.91 Å². The van der Waals surface area contributed by atoms with E-state index in [9.17, 15) is 4.79 Å². The van der Waals surface area contributed by atoms with E-state index in [0.29, 0.717) is 12.5 Å². The van der Waals surface area contributed by atoms with Crippen molar-refractivity contribution >= 4 is 17.2 Å². The zero-order chi connectivity index (χ0) is 15.1. The van der Waals surface area contributed by atoms with Crippen LogP contribution in [0.25, 0.3) is 0 Å². The van der Waals surface area contributed by atoms with Crippen LogP contribution in [0.3, 0.4) is 0 Å². The third-order valence-corrected chi connectivity index (χ3v) is 5.20. The first-order valence-electron chi connectivity index (χ1n) is 7.89. The van der Waals surface area contributed by atoms with E-state index in [2.05, 4.69) is 40.0 Å². The molecule has 0 aliphatic carbocycles. The summed E-state index contributed by atoms with van der Waals surface area (Å²) in [7, 11) is 1.87. The third-order valence-electron chi connectivity index (χ3n) is 4.23. The van der Waals surface area contributed by atoms with Crippen LogP contribution in [0.1, 0.15) is 37.1 Å². The molecule has 2 heterocycles. The molecule has 1 fully saturated rings. The van der Waals surface area contributed by atoms with Gasteiger partial charge in [-0.1, -0.05) is 13.0 Å². The second kappa shape index (κ2) is 8.51. The van der Waals surface area contributed by atoms with E-state index in [1.54, 1.807) is 11.3 Å². The van der Waals surface area contributed by atoms with E-state index in [4.69, 9.17) is 0 Å². The maximum Gasteiger partial charge on any atom is 0.221 e. The van der Waals surface area contributed by atoms with Gasteiger partial charge >= 0.3 is 0 Å². The van der Waals surface area contributed by atoms with Crippen molar-refractivity contribution in [2.24, 2.45) is 5.92 Å². The fraction of sp³-hybridized carbons (Fsp3) is 0.688. The highest BCUT2D eigenvalue weighted by atomic mass is 32.1. The molecule has 2 N–H and O–H groups in total. The minimum absolute atomic E-state index is 0.135. The van der Waals surface area contributed by atoms with Gasteiger partial charge in [0.1, 0.15) is 0 Å². The summed E-state index contributed by atoms with van der Waals surface area (Å²) in [6, 6.07) is 4.62. The zero-order valence-corrected chi connectivity index (χ0v) is 13.9. The number of hydrogen-bond acceptors (Lipinski definition) is 4. The Morgan fingerprint density at radius 3 is 2.86 bits per heavy atom. The molecule has 0 bridgehead atoms. The van der Waals surface area contributed by atoms with Crippen molar-refractivity contribution in [2.45, 2.75) is 32.2 Å². The van der Waals surface area contributed by atoms with E-state index in [1.807, 2.05) is 7.05 Å². The van der Waals surface area contributed by atoms with Crippen molar-refractivity contribution in [1.29, 1.82) is 0 Å². The Bertz CT molecular complexity index is 413. The number of nitrogens with zero attached hydrogens (tertiary/aromatic N) is 1. The van der Waals surface area contributed by atoms with Crippen LogP contribution in [-0.4, -0.2) is 44.0 Å². The molecule has 4 nitrogen and oxygen atoms in total. The Morgan fingerprint density at radius 2 is 2.24 bits per heavy atom. The van der Waals surface area contributed by atoms with Gasteiger partial charge in [0.25, 0.3) is 0 Å². The molecule has 21 heavy (non-hydrogen) atoms. The van der Waals surface area contributed by atoms with Gasteiger partial charge in [-0.05, 0) is 50.3 Å². The minimum Gasteiger partial charge on any atom is -0.354 e. The molecule has 1 saturated heterocycles. The van der Waals surface area contributed by atoms with Crippen LogP contribution in [0.4, 0.5) is 0 Å². The van der Waals surface area contributed by atoms with Gasteiger partial charge < -0.3 is 10.6 Å². The molecule has 5 heteroatoms. The van der Waals surface area contributed by atoms with E-state index in [1.165, 1.54) is 17.7 Å². The SMILES string of the molecule is CNCCC(=O)NCC(c1cccs1)N1CCC(C)CC1. The summed E-state index contributed by atoms with van der Waals surface area (Å²) in [6.45, 7) is 6.05. The lowest BCUT2D eigenvalue weighted by atomic mass is 9.97. The van der Waals surface area contributed by atoms with Gasteiger partial charge in [0.15, 0.2) is 0 Å². The number of likely N-dealkylation sites (tertiary alicyclic amines) is 1. The van der Waals surface area contributed by atoms with Crippen LogP contribution in [0.5, 0.6) is 0 Å². The maximum atomic E-state index is 11.8. The van der Waals surface area contributed by atoms with Crippen LogP contribution in [-0.2, 0) is 4.79 Å². The lowest BCUT2D eigenvalue weighted by Crippen LogP contribution is -2.41. The van der Waals surface area contributed by atoms with Crippen molar-refractivity contribution in [3.05, 3.63) is 22.4 Å². The first-order chi connectivity index (χ1) is 10.2. The van der Waals surface area contributed by atoms with Gasteiger partial charge in [-0.15, -0.1) is 11.3 Å². The molecule has 1 amide bonds. The zero-order valence-electron chi connectivity index (χ0n) is 13.1. The highest BCUT2D eigenvalue weighted by Crippen LogP contribution is 2.28. The second-order valence-electron chi connectivity index (χ2n) is 5.91. The normalized spacial score (nSPS) is 18.6. The van der Waals surface area contributed by atoms with Gasteiger partial charge in [-0.3, -0.25) is 9.69 Å². The second-order valence-corrected chi connectivity index (χ2v) is 6.89. The van der Waals surface area contributed by atoms with E-state index < -0.39 is 0 Å². The quantitative estimate of drug-likeness (QED) is 0.812. The Labute approximate surface area is 131 Å². The molecule has 0 spiro atoms. The Balaban J connectivity index is 1.92. The molecule has 1 atom stereocenters.